The Balaban J connectivity index is 0.000000228. The largest absolute Gasteiger partial charge is 0.322 e. The number of hydrogen-bond donors (Lipinski definition) is 2. The second-order valence-electron chi connectivity index (χ2n) is 12.1. The quantitative estimate of drug-likeness (QED) is 0.119. The molecule has 264 valence electrons. The second-order valence-corrected chi connectivity index (χ2v) is 12.1. The summed E-state index contributed by atoms with van der Waals surface area (Å²) in [5.41, 5.74) is 1.43. The van der Waals surface area contributed by atoms with Crippen LogP contribution in [0.4, 0.5) is 37.7 Å². The third kappa shape index (κ3) is 8.60. The van der Waals surface area contributed by atoms with Crippen molar-refractivity contribution in [3.8, 4) is 11.1 Å². The number of para-hydroxylation sites is 2. The van der Waals surface area contributed by atoms with Gasteiger partial charge in [-0.1, -0.05) is 57.2 Å². The molecule has 0 radical (unpaired) electrons. The van der Waals surface area contributed by atoms with Gasteiger partial charge < -0.3 is 10.6 Å². The molecule has 1 atom stereocenters. The highest BCUT2D eigenvalue weighted by Gasteiger charge is 2.24. The van der Waals surface area contributed by atoms with Crippen molar-refractivity contribution in [1.29, 1.82) is 0 Å². The summed E-state index contributed by atoms with van der Waals surface area (Å²) >= 11 is 0. The van der Waals surface area contributed by atoms with Gasteiger partial charge in [0.1, 0.15) is 11.3 Å². The van der Waals surface area contributed by atoms with E-state index in [-0.39, 0.29) is 27.9 Å². The van der Waals surface area contributed by atoms with Gasteiger partial charge in [0.2, 0.25) is 5.95 Å². The predicted molar refractivity (Wildman–Crippen MR) is 178 cm³/mol. The first kappa shape index (κ1) is 37.4. The molecule has 0 spiro atoms. The average Bonchev–Trinajstić information content (AvgIpc) is 3.57. The number of rotatable bonds is 9. The molecule has 0 bridgehead atoms. The highest BCUT2D eigenvalue weighted by Crippen LogP contribution is 2.32. The van der Waals surface area contributed by atoms with E-state index in [1.165, 1.54) is 32.3 Å². The molecule has 5 aromatic rings. The van der Waals surface area contributed by atoms with Crippen molar-refractivity contribution in [1.82, 2.24) is 19.6 Å². The maximum absolute atomic E-state index is 14.0. The highest BCUT2D eigenvalue weighted by molar-refractivity contribution is 6.07. The van der Waals surface area contributed by atoms with E-state index in [1.807, 2.05) is 24.3 Å². The molecule has 2 aromatic heterocycles. The Labute approximate surface area is 285 Å². The fraction of sp³-hybridized carbons (Fsp3) is 0.278. The maximum atomic E-state index is 14.0. The molecular weight excluding hydrogens is 662 g/mol. The molecule has 3 aromatic carbocycles. The Bertz CT molecular complexity index is 1980. The number of aryl methyl sites for hydroxylation is 3. The number of hydrogen-bond acceptors (Lipinski definition) is 4. The van der Waals surface area contributed by atoms with E-state index in [0.29, 0.717) is 17.5 Å². The highest BCUT2D eigenvalue weighted by atomic mass is 19.3. The zero-order valence-electron chi connectivity index (χ0n) is 28.2. The van der Waals surface area contributed by atoms with Crippen LogP contribution in [0.15, 0.2) is 66.9 Å². The summed E-state index contributed by atoms with van der Waals surface area (Å²) in [4.78, 5) is 24.9. The second kappa shape index (κ2) is 15.9. The molecule has 2 amide bonds. The van der Waals surface area contributed by atoms with Crippen molar-refractivity contribution in [2.24, 2.45) is 20.0 Å². The SMILES string of the molecule is Cc1nn(C)c(F)c1C(=O)Nc1ccccc1C(C)CC(C)C.Cn1cc(C(=O)Nc2ccccc2-c2cc(F)c(F)c(F)c2)c(C(F)F)n1. The minimum absolute atomic E-state index is 0.00110. The Kier molecular flexibility index (Phi) is 11.9. The average molecular weight is 699 g/mol. The lowest BCUT2D eigenvalue weighted by Crippen LogP contribution is -2.16. The lowest BCUT2D eigenvalue weighted by Gasteiger charge is -2.18. The summed E-state index contributed by atoms with van der Waals surface area (Å²) < 4.78 is 82.5. The van der Waals surface area contributed by atoms with Crippen LogP contribution < -0.4 is 10.6 Å². The number of anilines is 2. The number of amides is 2. The summed E-state index contributed by atoms with van der Waals surface area (Å²) in [6, 6.07) is 15.2. The number of nitrogens with zero attached hydrogens (tertiary/aromatic N) is 4. The van der Waals surface area contributed by atoms with Crippen LogP contribution in [0.2, 0.25) is 0 Å². The standard InChI is InChI=1S/C18H12F5N3O.C18H24FN3O/c1-26-8-11(16(25-26)17(22)23)18(27)24-14-5-3-2-4-10(14)9-6-12(19)15(21)13(20)7-9;1-11(2)10-12(3)14-8-6-7-9-15(14)20-18(23)16-13(4)21-22(5)17(16)19/h2-8,17H,1H3,(H,24,27);6-9,11-12H,10H2,1-5H3,(H,20,23). The zero-order chi connectivity index (χ0) is 36.9. The molecule has 5 rings (SSSR count). The molecule has 50 heavy (non-hydrogen) atoms. The van der Waals surface area contributed by atoms with E-state index in [0.717, 1.165) is 45.4 Å². The number of benzene rings is 3. The number of aromatic nitrogens is 4. The molecule has 0 saturated heterocycles. The van der Waals surface area contributed by atoms with Crippen molar-refractivity contribution < 1.29 is 35.9 Å². The van der Waals surface area contributed by atoms with Crippen molar-refractivity contribution in [2.45, 2.75) is 46.5 Å². The lowest BCUT2D eigenvalue weighted by atomic mass is 9.91. The maximum Gasteiger partial charge on any atom is 0.282 e. The first-order chi connectivity index (χ1) is 23.6. The summed E-state index contributed by atoms with van der Waals surface area (Å²) in [5.74, 6) is -5.47. The first-order valence-electron chi connectivity index (χ1n) is 15.5. The number of halogens is 6. The monoisotopic (exact) mass is 698 g/mol. The van der Waals surface area contributed by atoms with Gasteiger partial charge in [-0.15, -0.1) is 0 Å². The van der Waals surface area contributed by atoms with Gasteiger partial charge in [-0.25, -0.2) is 26.6 Å². The molecule has 14 heteroatoms. The van der Waals surface area contributed by atoms with Crippen molar-refractivity contribution >= 4 is 23.2 Å². The van der Waals surface area contributed by atoms with Gasteiger partial charge in [0, 0.05) is 37.2 Å². The van der Waals surface area contributed by atoms with Crippen molar-refractivity contribution in [3.05, 3.63) is 118 Å². The number of carbonyl (C=O) groups is 2. The zero-order valence-corrected chi connectivity index (χ0v) is 28.2. The van der Waals surface area contributed by atoms with Gasteiger partial charge in [-0.05, 0) is 60.6 Å². The van der Waals surface area contributed by atoms with E-state index in [2.05, 4.69) is 41.6 Å². The number of nitrogens with one attached hydrogen (secondary N) is 2. The van der Waals surface area contributed by atoms with Crippen LogP contribution in [0.3, 0.4) is 0 Å². The molecular formula is C36H36F6N6O2. The summed E-state index contributed by atoms with van der Waals surface area (Å²) in [6.07, 6.45) is -0.799. The van der Waals surface area contributed by atoms with E-state index in [4.69, 9.17) is 0 Å². The predicted octanol–water partition coefficient (Wildman–Crippen LogP) is 8.96. The minimum atomic E-state index is -2.96. The molecule has 0 aliphatic heterocycles. The first-order valence-corrected chi connectivity index (χ1v) is 15.5. The van der Waals surface area contributed by atoms with Gasteiger partial charge in [0.05, 0.1) is 11.3 Å². The van der Waals surface area contributed by atoms with Gasteiger partial charge in [-0.2, -0.15) is 14.6 Å². The van der Waals surface area contributed by atoms with Crippen LogP contribution in [0.25, 0.3) is 11.1 Å². The van der Waals surface area contributed by atoms with Crippen LogP contribution in [-0.2, 0) is 14.1 Å². The third-order valence-corrected chi connectivity index (χ3v) is 7.72. The van der Waals surface area contributed by atoms with E-state index < -0.39 is 47.3 Å². The Morgan fingerprint density at radius 2 is 1.40 bits per heavy atom. The summed E-state index contributed by atoms with van der Waals surface area (Å²) in [6.45, 7) is 8.12. The molecule has 8 nitrogen and oxygen atoms in total. The van der Waals surface area contributed by atoms with Crippen LogP contribution in [0.1, 0.15) is 77.2 Å². The van der Waals surface area contributed by atoms with Gasteiger partial charge in [0.25, 0.3) is 18.2 Å². The molecule has 2 heterocycles. The van der Waals surface area contributed by atoms with Crippen LogP contribution >= 0.6 is 0 Å². The van der Waals surface area contributed by atoms with Crippen LogP contribution in [-0.4, -0.2) is 31.4 Å². The fourth-order valence-electron chi connectivity index (χ4n) is 5.53. The Hall–Kier alpha value is -5.40. The van der Waals surface area contributed by atoms with E-state index in [1.54, 1.807) is 13.0 Å². The molecule has 0 aliphatic rings. The molecule has 0 saturated carbocycles. The van der Waals surface area contributed by atoms with Crippen molar-refractivity contribution in [2.75, 3.05) is 10.6 Å². The fourth-order valence-corrected chi connectivity index (χ4v) is 5.53. The Morgan fingerprint density at radius 3 is 1.98 bits per heavy atom. The van der Waals surface area contributed by atoms with E-state index >= 15 is 0 Å². The number of carbonyl (C=O) groups excluding carboxylic acids is 2. The Morgan fingerprint density at radius 1 is 0.820 bits per heavy atom. The normalized spacial score (nSPS) is 11.7. The van der Waals surface area contributed by atoms with Gasteiger partial charge >= 0.3 is 0 Å². The lowest BCUT2D eigenvalue weighted by molar-refractivity contribution is 0.100. The van der Waals surface area contributed by atoms with Gasteiger partial charge in [-0.3, -0.25) is 14.3 Å². The van der Waals surface area contributed by atoms with Crippen LogP contribution in [0, 0.1) is 36.2 Å². The smallest absolute Gasteiger partial charge is 0.282 e. The number of alkyl halides is 2. The molecule has 2 N–H and O–H groups in total. The molecule has 1 unspecified atom stereocenters. The third-order valence-electron chi connectivity index (χ3n) is 7.72. The minimum Gasteiger partial charge on any atom is -0.322 e. The molecule has 0 aliphatic carbocycles. The topological polar surface area (TPSA) is 93.8 Å². The summed E-state index contributed by atoms with van der Waals surface area (Å²) in [5, 5.41) is 12.8. The summed E-state index contributed by atoms with van der Waals surface area (Å²) in [7, 11) is 2.87. The van der Waals surface area contributed by atoms with Crippen LogP contribution in [0.5, 0.6) is 0 Å². The van der Waals surface area contributed by atoms with Crippen molar-refractivity contribution in [3.63, 3.8) is 0 Å². The van der Waals surface area contributed by atoms with E-state index in [9.17, 15) is 35.9 Å². The van der Waals surface area contributed by atoms with Gasteiger partial charge in [0.15, 0.2) is 17.5 Å². The molecule has 0 fully saturated rings.